The van der Waals surface area contributed by atoms with Crippen molar-refractivity contribution in [2.45, 2.75) is 33.4 Å². The average Bonchev–Trinajstić information content (AvgIpc) is 2.39. The average molecular weight is 284 g/mol. The summed E-state index contributed by atoms with van der Waals surface area (Å²) >= 11 is 0. The summed E-state index contributed by atoms with van der Waals surface area (Å²) in [7, 11) is 0. The molecule has 0 saturated carbocycles. The SMILES string of the molecule is C=C(C)C(=O)OC1(OC(=O)C(=C)C)OCC(CC)CO1. The first kappa shape index (κ1) is 16.4. The Morgan fingerprint density at radius 1 is 1.10 bits per heavy atom. The Kier molecular flexibility index (Phi) is 5.47. The van der Waals surface area contributed by atoms with Gasteiger partial charge in [0.05, 0.1) is 13.2 Å². The van der Waals surface area contributed by atoms with Crippen LogP contribution in [0.2, 0.25) is 0 Å². The van der Waals surface area contributed by atoms with Crippen molar-refractivity contribution in [2.24, 2.45) is 5.92 Å². The molecule has 0 aromatic heterocycles. The first-order chi connectivity index (χ1) is 9.29. The van der Waals surface area contributed by atoms with Crippen LogP contribution >= 0.6 is 0 Å². The molecule has 0 spiro atoms. The molecule has 1 saturated heterocycles. The predicted molar refractivity (Wildman–Crippen MR) is 70.2 cm³/mol. The van der Waals surface area contributed by atoms with Crippen molar-refractivity contribution in [3.05, 3.63) is 24.3 Å². The topological polar surface area (TPSA) is 71.1 Å². The highest BCUT2D eigenvalue weighted by atomic mass is 17.0. The minimum absolute atomic E-state index is 0.139. The van der Waals surface area contributed by atoms with Gasteiger partial charge in [0.25, 0.3) is 0 Å². The standard InChI is InChI=1S/C14H20O6/c1-6-11-7-17-14(18-8-11,19-12(15)9(2)3)20-13(16)10(4)5/h11H,2,4,6-8H2,1,3,5H3. The van der Waals surface area contributed by atoms with Crippen molar-refractivity contribution in [3.63, 3.8) is 0 Å². The van der Waals surface area contributed by atoms with Gasteiger partial charge in [-0.25, -0.2) is 9.59 Å². The van der Waals surface area contributed by atoms with Gasteiger partial charge in [0.15, 0.2) is 0 Å². The molecule has 0 aliphatic carbocycles. The van der Waals surface area contributed by atoms with E-state index >= 15 is 0 Å². The molecule has 0 unspecified atom stereocenters. The summed E-state index contributed by atoms with van der Waals surface area (Å²) in [6.45, 7) is 12.3. The molecule has 112 valence electrons. The van der Waals surface area contributed by atoms with E-state index in [0.717, 1.165) is 6.42 Å². The maximum absolute atomic E-state index is 11.6. The van der Waals surface area contributed by atoms with Crippen molar-refractivity contribution in [3.8, 4) is 0 Å². The molecule has 1 rings (SSSR count). The number of rotatable bonds is 5. The zero-order valence-electron chi connectivity index (χ0n) is 12.1. The van der Waals surface area contributed by atoms with Crippen LogP contribution in [-0.2, 0) is 28.5 Å². The number of esters is 2. The first-order valence-electron chi connectivity index (χ1n) is 6.35. The third kappa shape index (κ3) is 4.18. The van der Waals surface area contributed by atoms with Gasteiger partial charge in [-0.1, -0.05) is 20.1 Å². The Labute approximate surface area is 118 Å². The van der Waals surface area contributed by atoms with Crippen LogP contribution in [0.25, 0.3) is 0 Å². The molecule has 20 heavy (non-hydrogen) atoms. The fraction of sp³-hybridized carbons (Fsp3) is 0.571. The molecule has 0 aromatic rings. The zero-order valence-corrected chi connectivity index (χ0v) is 12.1. The number of hydrogen-bond acceptors (Lipinski definition) is 6. The second-order valence-corrected chi connectivity index (χ2v) is 4.74. The van der Waals surface area contributed by atoms with Gasteiger partial charge in [-0.15, -0.1) is 0 Å². The van der Waals surface area contributed by atoms with Crippen LogP contribution in [0.15, 0.2) is 24.3 Å². The van der Waals surface area contributed by atoms with E-state index in [-0.39, 0.29) is 30.3 Å². The van der Waals surface area contributed by atoms with Crippen molar-refractivity contribution >= 4 is 11.9 Å². The summed E-state index contributed by atoms with van der Waals surface area (Å²) in [6.07, 6.45) is -1.32. The predicted octanol–water partition coefficient (Wildman–Crippen LogP) is 1.91. The molecule has 0 amide bonds. The van der Waals surface area contributed by atoms with Crippen LogP contribution in [0.4, 0.5) is 0 Å². The summed E-state index contributed by atoms with van der Waals surface area (Å²) in [5.41, 5.74) is 0.279. The van der Waals surface area contributed by atoms with Crippen LogP contribution < -0.4 is 0 Å². The minimum Gasteiger partial charge on any atom is -0.370 e. The van der Waals surface area contributed by atoms with E-state index in [1.165, 1.54) is 13.8 Å². The lowest BCUT2D eigenvalue weighted by Crippen LogP contribution is -2.51. The lowest BCUT2D eigenvalue weighted by molar-refractivity contribution is -0.485. The summed E-state index contributed by atoms with van der Waals surface area (Å²) in [6, 6.07) is 0. The van der Waals surface area contributed by atoms with Crippen LogP contribution in [-0.4, -0.2) is 31.3 Å². The molecule has 1 heterocycles. The van der Waals surface area contributed by atoms with E-state index in [9.17, 15) is 9.59 Å². The van der Waals surface area contributed by atoms with Gasteiger partial charge >= 0.3 is 18.1 Å². The van der Waals surface area contributed by atoms with Crippen molar-refractivity contribution in [1.82, 2.24) is 0 Å². The maximum Gasteiger partial charge on any atom is 0.514 e. The van der Waals surface area contributed by atoms with Gasteiger partial charge < -0.3 is 9.47 Å². The van der Waals surface area contributed by atoms with Crippen molar-refractivity contribution in [1.29, 1.82) is 0 Å². The second kappa shape index (κ2) is 6.67. The summed E-state index contributed by atoms with van der Waals surface area (Å²) in [4.78, 5) is 23.2. The Bertz CT molecular complexity index is 387. The smallest absolute Gasteiger partial charge is 0.370 e. The number of carbonyl (C=O) groups is 2. The van der Waals surface area contributed by atoms with Gasteiger partial charge in [0.2, 0.25) is 0 Å². The highest BCUT2D eigenvalue weighted by molar-refractivity contribution is 5.88. The lowest BCUT2D eigenvalue weighted by atomic mass is 10.1. The van der Waals surface area contributed by atoms with E-state index in [2.05, 4.69) is 13.2 Å². The Balaban J connectivity index is 2.84. The molecule has 0 radical (unpaired) electrons. The van der Waals surface area contributed by atoms with E-state index in [4.69, 9.17) is 18.9 Å². The monoisotopic (exact) mass is 284 g/mol. The molecule has 6 heteroatoms. The van der Waals surface area contributed by atoms with Crippen LogP contribution in [0, 0.1) is 5.92 Å². The van der Waals surface area contributed by atoms with E-state index in [1.54, 1.807) is 0 Å². The van der Waals surface area contributed by atoms with Crippen molar-refractivity contribution in [2.75, 3.05) is 13.2 Å². The Hall–Kier alpha value is -1.66. The van der Waals surface area contributed by atoms with Crippen LogP contribution in [0.3, 0.4) is 0 Å². The second-order valence-electron chi connectivity index (χ2n) is 4.74. The molecular weight excluding hydrogens is 264 g/mol. The normalized spacial score (nSPS) is 18.1. The largest absolute Gasteiger partial charge is 0.514 e. The summed E-state index contributed by atoms with van der Waals surface area (Å²) in [5, 5.41) is 0. The molecule has 0 N–H and O–H groups in total. The van der Waals surface area contributed by atoms with Gasteiger partial charge in [0, 0.05) is 17.1 Å². The molecule has 1 aliphatic rings. The molecule has 0 atom stereocenters. The fourth-order valence-corrected chi connectivity index (χ4v) is 1.31. The van der Waals surface area contributed by atoms with Gasteiger partial charge in [-0.3, -0.25) is 9.47 Å². The summed E-state index contributed by atoms with van der Waals surface area (Å²) in [5.74, 6) is -1.39. The maximum atomic E-state index is 11.6. The third-order valence-corrected chi connectivity index (χ3v) is 2.70. The van der Waals surface area contributed by atoms with Gasteiger partial charge in [-0.05, 0) is 20.3 Å². The molecule has 1 fully saturated rings. The minimum atomic E-state index is -2.16. The van der Waals surface area contributed by atoms with Gasteiger partial charge in [-0.2, -0.15) is 0 Å². The van der Waals surface area contributed by atoms with Gasteiger partial charge in [0.1, 0.15) is 0 Å². The Morgan fingerprint density at radius 3 is 1.80 bits per heavy atom. The highest BCUT2D eigenvalue weighted by Gasteiger charge is 2.47. The molecule has 0 bridgehead atoms. The number of hydrogen-bond donors (Lipinski definition) is 0. The van der Waals surface area contributed by atoms with E-state index in [0.29, 0.717) is 0 Å². The molecule has 1 aliphatic heterocycles. The number of carbonyl (C=O) groups excluding carboxylic acids is 2. The quantitative estimate of drug-likeness (QED) is 0.436. The Morgan fingerprint density at radius 2 is 1.50 bits per heavy atom. The van der Waals surface area contributed by atoms with E-state index < -0.39 is 18.1 Å². The highest BCUT2D eigenvalue weighted by Crippen LogP contribution is 2.27. The zero-order chi connectivity index (χ0) is 15.3. The number of ether oxygens (including phenoxy) is 4. The molecule has 6 nitrogen and oxygen atoms in total. The van der Waals surface area contributed by atoms with E-state index in [1.807, 2.05) is 6.92 Å². The van der Waals surface area contributed by atoms with Crippen LogP contribution in [0.5, 0.6) is 0 Å². The lowest BCUT2D eigenvalue weighted by Gasteiger charge is -2.36. The van der Waals surface area contributed by atoms with Crippen LogP contribution in [0.1, 0.15) is 27.2 Å². The molecular formula is C14H20O6. The first-order valence-corrected chi connectivity index (χ1v) is 6.35. The van der Waals surface area contributed by atoms with Crippen molar-refractivity contribution < 1.29 is 28.5 Å². The molecule has 0 aromatic carbocycles. The fourth-order valence-electron chi connectivity index (χ4n) is 1.31. The summed E-state index contributed by atoms with van der Waals surface area (Å²) < 4.78 is 20.6. The third-order valence-electron chi connectivity index (χ3n) is 2.70.